The molecular weight excluding hydrogens is 564 g/mol. The maximum atomic E-state index is 13.1. The second kappa shape index (κ2) is 11.5. The number of amidine groups is 1. The van der Waals surface area contributed by atoms with Gasteiger partial charge in [0, 0.05) is 27.2 Å². The lowest BCUT2D eigenvalue weighted by atomic mass is 10.0. The molecule has 0 atom stereocenters. The van der Waals surface area contributed by atoms with E-state index in [1.807, 2.05) is 30.3 Å². The fourth-order valence-electron chi connectivity index (χ4n) is 4.13. The quantitative estimate of drug-likeness (QED) is 0.110. The standard InChI is InChI=1S/C30H33ClN4O5S/c1-29(2,3)39-27(37)24-23(25(32)35-28(38)40-30(4,5)6)19-13-16(7-10-20(19)34-24)11-12-33-26(36)22-14-17-8-9-18(31)15-21(17)41-22/h7-10,13-15,34H,11-12H2,1-6H3,(H,33,36)(H2,32,35,38). The first-order chi connectivity index (χ1) is 19.1. The van der Waals surface area contributed by atoms with E-state index in [1.165, 1.54) is 11.3 Å². The van der Waals surface area contributed by atoms with Crippen LogP contribution >= 0.6 is 22.9 Å². The lowest BCUT2D eigenvalue weighted by molar-refractivity contribution is 0.00629. The molecule has 216 valence electrons. The summed E-state index contributed by atoms with van der Waals surface area (Å²) in [5.41, 5.74) is 0.159. The molecule has 2 heterocycles. The number of rotatable bonds is 6. The average Bonchev–Trinajstić information content (AvgIpc) is 3.42. The summed E-state index contributed by atoms with van der Waals surface area (Å²) in [6, 6.07) is 12.8. The SMILES string of the molecule is CC(C)(C)OC(=O)NC(=N)c1c(C(=O)OC(C)(C)C)[nH]c2ccc(CCNC(=O)c3cc4ccc(Cl)cc4s3)cc12. The minimum Gasteiger partial charge on any atom is -0.455 e. The highest BCUT2D eigenvalue weighted by Gasteiger charge is 2.28. The minimum absolute atomic E-state index is 0.0475. The Bertz CT molecular complexity index is 1660. The maximum absolute atomic E-state index is 13.1. The third kappa shape index (κ3) is 7.65. The molecule has 2 aromatic heterocycles. The van der Waals surface area contributed by atoms with Gasteiger partial charge >= 0.3 is 12.1 Å². The number of H-pyrrole nitrogens is 1. The molecule has 0 aliphatic heterocycles. The van der Waals surface area contributed by atoms with Crippen LogP contribution in [0.2, 0.25) is 5.02 Å². The Morgan fingerprint density at radius 1 is 0.976 bits per heavy atom. The highest BCUT2D eigenvalue weighted by molar-refractivity contribution is 7.20. The molecule has 0 spiro atoms. The zero-order chi connectivity index (χ0) is 30.1. The number of alkyl carbamates (subject to hydrolysis) is 1. The van der Waals surface area contributed by atoms with Crippen LogP contribution in [0.15, 0.2) is 42.5 Å². The van der Waals surface area contributed by atoms with Crippen molar-refractivity contribution in [1.82, 2.24) is 15.6 Å². The number of esters is 1. The fourth-order valence-corrected chi connectivity index (χ4v) is 5.38. The summed E-state index contributed by atoms with van der Waals surface area (Å²) >= 11 is 7.44. The topological polar surface area (TPSA) is 133 Å². The largest absolute Gasteiger partial charge is 0.455 e. The van der Waals surface area contributed by atoms with Crippen molar-refractivity contribution in [2.45, 2.75) is 59.2 Å². The Balaban J connectivity index is 1.56. The van der Waals surface area contributed by atoms with Gasteiger partial charge in [0.25, 0.3) is 5.91 Å². The Kier molecular flexibility index (Phi) is 8.46. The van der Waals surface area contributed by atoms with Crippen molar-refractivity contribution in [3.8, 4) is 0 Å². The second-order valence-electron chi connectivity index (χ2n) is 11.6. The van der Waals surface area contributed by atoms with Gasteiger partial charge in [0.05, 0.1) is 10.4 Å². The second-order valence-corrected chi connectivity index (χ2v) is 13.1. The molecule has 41 heavy (non-hydrogen) atoms. The molecule has 0 saturated carbocycles. The number of fused-ring (bicyclic) bond motifs is 2. The van der Waals surface area contributed by atoms with Crippen LogP contribution in [-0.4, -0.2) is 46.5 Å². The van der Waals surface area contributed by atoms with Gasteiger partial charge in [-0.3, -0.25) is 15.5 Å². The van der Waals surface area contributed by atoms with Crippen LogP contribution < -0.4 is 10.6 Å². The van der Waals surface area contributed by atoms with E-state index >= 15 is 0 Å². The number of ether oxygens (including phenoxy) is 2. The molecule has 11 heteroatoms. The van der Waals surface area contributed by atoms with Gasteiger partial charge in [0.2, 0.25) is 0 Å². The third-order valence-electron chi connectivity index (χ3n) is 5.75. The first-order valence-corrected chi connectivity index (χ1v) is 14.2. The molecular formula is C30H33ClN4O5S. The van der Waals surface area contributed by atoms with E-state index in [9.17, 15) is 14.4 Å². The Hall–Kier alpha value is -3.89. The van der Waals surface area contributed by atoms with E-state index < -0.39 is 23.3 Å². The van der Waals surface area contributed by atoms with Crippen molar-refractivity contribution in [3.05, 3.63) is 69.2 Å². The summed E-state index contributed by atoms with van der Waals surface area (Å²) in [5, 5.41) is 16.2. The van der Waals surface area contributed by atoms with Gasteiger partial charge in [0.15, 0.2) is 0 Å². The predicted molar refractivity (Wildman–Crippen MR) is 163 cm³/mol. The summed E-state index contributed by atoms with van der Waals surface area (Å²) in [6.07, 6.45) is -0.313. The van der Waals surface area contributed by atoms with Crippen molar-refractivity contribution in [1.29, 1.82) is 5.41 Å². The smallest absolute Gasteiger partial charge is 0.413 e. The number of nitrogens with one attached hydrogen (secondary N) is 4. The number of hydrogen-bond acceptors (Lipinski definition) is 7. The van der Waals surface area contributed by atoms with Crippen LogP contribution in [0.1, 0.15) is 72.8 Å². The normalized spacial score (nSPS) is 11.9. The van der Waals surface area contributed by atoms with E-state index in [1.54, 1.807) is 53.7 Å². The molecule has 0 radical (unpaired) electrons. The number of aromatic amines is 1. The number of hydrogen-bond donors (Lipinski definition) is 4. The number of halogens is 1. The molecule has 0 fully saturated rings. The van der Waals surface area contributed by atoms with Gasteiger partial charge < -0.3 is 19.8 Å². The molecule has 9 nitrogen and oxygen atoms in total. The summed E-state index contributed by atoms with van der Waals surface area (Å²) in [6.45, 7) is 10.8. The van der Waals surface area contributed by atoms with Crippen LogP contribution in [0.25, 0.3) is 21.0 Å². The van der Waals surface area contributed by atoms with Crippen molar-refractivity contribution < 1.29 is 23.9 Å². The van der Waals surface area contributed by atoms with E-state index in [-0.39, 0.29) is 23.0 Å². The molecule has 0 aliphatic carbocycles. The predicted octanol–water partition coefficient (Wildman–Crippen LogP) is 6.81. The van der Waals surface area contributed by atoms with Crippen molar-refractivity contribution in [2.75, 3.05) is 6.54 Å². The van der Waals surface area contributed by atoms with E-state index in [2.05, 4.69) is 15.6 Å². The molecule has 0 bridgehead atoms. The summed E-state index contributed by atoms with van der Waals surface area (Å²) in [5.74, 6) is -1.14. The summed E-state index contributed by atoms with van der Waals surface area (Å²) in [4.78, 5) is 41.9. The third-order valence-corrected chi connectivity index (χ3v) is 7.08. The van der Waals surface area contributed by atoms with Crippen LogP contribution in [0.3, 0.4) is 0 Å². The number of carbonyl (C=O) groups is 3. The van der Waals surface area contributed by atoms with E-state index in [0.29, 0.717) is 33.8 Å². The van der Waals surface area contributed by atoms with Crippen molar-refractivity contribution in [2.24, 2.45) is 0 Å². The van der Waals surface area contributed by atoms with Gasteiger partial charge in [-0.1, -0.05) is 23.7 Å². The van der Waals surface area contributed by atoms with Crippen LogP contribution in [-0.2, 0) is 15.9 Å². The monoisotopic (exact) mass is 596 g/mol. The molecule has 2 amide bonds. The van der Waals surface area contributed by atoms with Crippen LogP contribution in [0.4, 0.5) is 4.79 Å². The highest BCUT2D eigenvalue weighted by atomic mass is 35.5. The Labute approximate surface area is 247 Å². The fraction of sp³-hybridized carbons (Fsp3) is 0.333. The molecule has 4 aromatic rings. The van der Waals surface area contributed by atoms with E-state index in [4.69, 9.17) is 26.5 Å². The number of aromatic nitrogens is 1. The molecule has 0 saturated heterocycles. The zero-order valence-corrected chi connectivity index (χ0v) is 25.4. The molecule has 2 aromatic carbocycles. The van der Waals surface area contributed by atoms with Crippen molar-refractivity contribution >= 4 is 67.7 Å². The molecule has 0 unspecified atom stereocenters. The number of benzene rings is 2. The van der Waals surface area contributed by atoms with Crippen molar-refractivity contribution in [3.63, 3.8) is 0 Å². The molecule has 4 N–H and O–H groups in total. The summed E-state index contributed by atoms with van der Waals surface area (Å²) < 4.78 is 11.8. The van der Waals surface area contributed by atoms with Gasteiger partial charge in [0.1, 0.15) is 22.7 Å². The number of amides is 2. The lowest BCUT2D eigenvalue weighted by Gasteiger charge is -2.21. The first kappa shape index (κ1) is 30.1. The molecule has 0 aliphatic rings. The number of thiophene rings is 1. The highest BCUT2D eigenvalue weighted by Crippen LogP contribution is 2.29. The lowest BCUT2D eigenvalue weighted by Crippen LogP contribution is -2.37. The zero-order valence-electron chi connectivity index (χ0n) is 23.8. The number of carbonyl (C=O) groups excluding carboxylic acids is 3. The first-order valence-electron chi connectivity index (χ1n) is 13.0. The maximum Gasteiger partial charge on any atom is 0.413 e. The van der Waals surface area contributed by atoms with Gasteiger partial charge in [-0.25, -0.2) is 9.59 Å². The molecule has 4 rings (SSSR count). The van der Waals surface area contributed by atoms with Crippen LogP contribution in [0.5, 0.6) is 0 Å². The van der Waals surface area contributed by atoms with E-state index in [0.717, 1.165) is 15.6 Å². The van der Waals surface area contributed by atoms with Gasteiger partial charge in [-0.05, 0) is 89.2 Å². The minimum atomic E-state index is -0.811. The average molecular weight is 597 g/mol. The van der Waals surface area contributed by atoms with Gasteiger partial charge in [-0.15, -0.1) is 11.3 Å². The summed E-state index contributed by atoms with van der Waals surface area (Å²) in [7, 11) is 0. The van der Waals surface area contributed by atoms with Gasteiger partial charge in [-0.2, -0.15) is 0 Å². The Morgan fingerprint density at radius 3 is 2.37 bits per heavy atom. The van der Waals surface area contributed by atoms with Crippen LogP contribution in [0, 0.1) is 5.41 Å². The Morgan fingerprint density at radius 2 is 1.68 bits per heavy atom.